The predicted molar refractivity (Wildman–Crippen MR) is 78.0 cm³/mol. The largest absolute Gasteiger partial charge is 0.481 e. The number of aliphatic carboxylic acids is 1. The number of hydrogen-bond acceptors (Lipinski definition) is 3. The smallest absolute Gasteiger partial charge is 0.314 e. The van der Waals surface area contributed by atoms with Crippen LogP contribution in [-0.2, 0) is 19.7 Å². The van der Waals surface area contributed by atoms with E-state index in [1.54, 1.807) is 31.2 Å². The van der Waals surface area contributed by atoms with E-state index in [9.17, 15) is 14.7 Å². The van der Waals surface area contributed by atoms with Gasteiger partial charge in [0, 0.05) is 13.0 Å². The molecule has 0 aromatic heterocycles. The molecule has 2 unspecified atom stereocenters. The Labute approximate surface area is 124 Å². The standard InChI is InChI=1S/C16H21NO4/c1-15(8-9-21-11-15)17-13(18)10-16(2,14(19)20)12-6-4-3-5-7-12/h3-7H,8-11H2,1-2H3,(H,17,18)(H,19,20). The van der Waals surface area contributed by atoms with Gasteiger partial charge in [0.05, 0.1) is 17.6 Å². The van der Waals surface area contributed by atoms with Crippen molar-refractivity contribution in [2.24, 2.45) is 0 Å². The van der Waals surface area contributed by atoms with Crippen molar-refractivity contribution >= 4 is 11.9 Å². The Balaban J connectivity index is 2.13. The van der Waals surface area contributed by atoms with Gasteiger partial charge in [0.1, 0.15) is 0 Å². The number of carboxylic acids is 1. The Kier molecular flexibility index (Phi) is 4.32. The first kappa shape index (κ1) is 15.5. The molecule has 1 heterocycles. The number of carboxylic acid groups (broad SMARTS) is 1. The zero-order valence-corrected chi connectivity index (χ0v) is 12.4. The number of benzene rings is 1. The van der Waals surface area contributed by atoms with Gasteiger partial charge in [0.25, 0.3) is 0 Å². The van der Waals surface area contributed by atoms with Gasteiger partial charge in [0.15, 0.2) is 0 Å². The fourth-order valence-electron chi connectivity index (χ4n) is 2.57. The molecule has 1 saturated heterocycles. The summed E-state index contributed by atoms with van der Waals surface area (Å²) in [6.45, 7) is 4.58. The lowest BCUT2D eigenvalue weighted by molar-refractivity contribution is -0.145. The summed E-state index contributed by atoms with van der Waals surface area (Å²) in [6, 6.07) is 8.85. The summed E-state index contributed by atoms with van der Waals surface area (Å²) < 4.78 is 5.29. The van der Waals surface area contributed by atoms with Gasteiger partial charge in [-0.3, -0.25) is 9.59 Å². The predicted octanol–water partition coefficient (Wildman–Crippen LogP) is 1.71. The lowest BCUT2D eigenvalue weighted by Gasteiger charge is -2.28. The van der Waals surface area contributed by atoms with Crippen molar-refractivity contribution in [3.8, 4) is 0 Å². The lowest BCUT2D eigenvalue weighted by Crippen LogP contribution is -2.49. The molecule has 2 N–H and O–H groups in total. The normalized spacial score (nSPS) is 24.3. The lowest BCUT2D eigenvalue weighted by atomic mass is 9.79. The molecule has 1 aromatic carbocycles. The van der Waals surface area contributed by atoms with Gasteiger partial charge in [-0.1, -0.05) is 30.3 Å². The average molecular weight is 291 g/mol. The van der Waals surface area contributed by atoms with Crippen molar-refractivity contribution in [2.75, 3.05) is 13.2 Å². The van der Waals surface area contributed by atoms with Crippen LogP contribution in [0.5, 0.6) is 0 Å². The van der Waals surface area contributed by atoms with Gasteiger partial charge in [-0.05, 0) is 25.8 Å². The van der Waals surface area contributed by atoms with E-state index in [-0.39, 0.29) is 12.3 Å². The maximum atomic E-state index is 12.3. The number of hydrogen-bond donors (Lipinski definition) is 2. The highest BCUT2D eigenvalue weighted by molar-refractivity contribution is 5.89. The highest BCUT2D eigenvalue weighted by Gasteiger charge is 2.39. The van der Waals surface area contributed by atoms with Gasteiger partial charge in [-0.25, -0.2) is 0 Å². The van der Waals surface area contributed by atoms with Crippen LogP contribution in [0.3, 0.4) is 0 Å². The summed E-state index contributed by atoms with van der Waals surface area (Å²) in [5.74, 6) is -1.27. The third kappa shape index (κ3) is 3.42. The van der Waals surface area contributed by atoms with E-state index in [0.717, 1.165) is 6.42 Å². The molecule has 0 aliphatic carbocycles. The first-order valence-electron chi connectivity index (χ1n) is 7.03. The fraction of sp³-hybridized carbons (Fsp3) is 0.500. The molecule has 1 aliphatic rings. The van der Waals surface area contributed by atoms with Crippen molar-refractivity contribution in [1.82, 2.24) is 5.32 Å². The second-order valence-corrected chi connectivity index (χ2v) is 6.09. The third-order valence-electron chi connectivity index (χ3n) is 4.06. The van der Waals surface area contributed by atoms with E-state index < -0.39 is 16.9 Å². The number of carbonyl (C=O) groups excluding carboxylic acids is 1. The van der Waals surface area contributed by atoms with Gasteiger partial charge in [-0.2, -0.15) is 0 Å². The molecular weight excluding hydrogens is 270 g/mol. The number of carbonyl (C=O) groups is 2. The maximum absolute atomic E-state index is 12.3. The molecule has 0 bridgehead atoms. The highest BCUT2D eigenvalue weighted by atomic mass is 16.5. The van der Waals surface area contributed by atoms with E-state index in [1.165, 1.54) is 0 Å². The van der Waals surface area contributed by atoms with Gasteiger partial charge >= 0.3 is 5.97 Å². The summed E-state index contributed by atoms with van der Waals surface area (Å²) >= 11 is 0. The molecule has 114 valence electrons. The van der Waals surface area contributed by atoms with Gasteiger partial charge in [-0.15, -0.1) is 0 Å². The van der Waals surface area contributed by atoms with Crippen LogP contribution in [0.15, 0.2) is 30.3 Å². The summed E-state index contributed by atoms with van der Waals surface area (Å²) in [4.78, 5) is 23.9. The van der Waals surface area contributed by atoms with E-state index >= 15 is 0 Å². The van der Waals surface area contributed by atoms with Crippen molar-refractivity contribution < 1.29 is 19.4 Å². The van der Waals surface area contributed by atoms with E-state index in [4.69, 9.17) is 4.74 Å². The monoisotopic (exact) mass is 291 g/mol. The van der Waals surface area contributed by atoms with Crippen LogP contribution in [0.25, 0.3) is 0 Å². The highest BCUT2D eigenvalue weighted by Crippen LogP contribution is 2.29. The third-order valence-corrected chi connectivity index (χ3v) is 4.06. The molecule has 0 saturated carbocycles. The van der Waals surface area contributed by atoms with Gasteiger partial charge < -0.3 is 15.2 Å². The number of ether oxygens (including phenoxy) is 1. The molecule has 1 aromatic rings. The Morgan fingerprint density at radius 3 is 2.57 bits per heavy atom. The van der Waals surface area contributed by atoms with E-state index in [1.807, 2.05) is 13.0 Å². The zero-order valence-electron chi connectivity index (χ0n) is 12.4. The minimum atomic E-state index is -1.23. The minimum Gasteiger partial charge on any atom is -0.481 e. The first-order chi connectivity index (χ1) is 9.86. The SMILES string of the molecule is CC1(NC(=O)CC(C)(C(=O)O)c2ccccc2)CCOC1. The van der Waals surface area contributed by atoms with Crippen LogP contribution in [0.1, 0.15) is 32.3 Å². The van der Waals surface area contributed by atoms with Crippen LogP contribution in [-0.4, -0.2) is 35.7 Å². The first-order valence-corrected chi connectivity index (χ1v) is 7.03. The summed E-state index contributed by atoms with van der Waals surface area (Å²) in [7, 11) is 0. The molecule has 1 amide bonds. The molecule has 2 atom stereocenters. The molecule has 1 fully saturated rings. The van der Waals surface area contributed by atoms with Crippen LogP contribution in [0, 0.1) is 0 Å². The maximum Gasteiger partial charge on any atom is 0.314 e. The quantitative estimate of drug-likeness (QED) is 0.866. The van der Waals surface area contributed by atoms with Crippen LogP contribution in [0.4, 0.5) is 0 Å². The fourth-order valence-corrected chi connectivity index (χ4v) is 2.57. The summed E-state index contributed by atoms with van der Waals surface area (Å²) in [6.07, 6.45) is 0.649. The minimum absolute atomic E-state index is 0.0953. The zero-order chi connectivity index (χ0) is 15.5. The Bertz CT molecular complexity index is 522. The van der Waals surface area contributed by atoms with Crippen molar-refractivity contribution in [2.45, 2.75) is 37.6 Å². The topological polar surface area (TPSA) is 75.6 Å². The second kappa shape index (κ2) is 5.85. The van der Waals surface area contributed by atoms with Crippen LogP contribution < -0.4 is 5.32 Å². The number of nitrogens with one attached hydrogen (secondary N) is 1. The Hall–Kier alpha value is -1.88. The molecular formula is C16H21NO4. The molecule has 5 heteroatoms. The number of amides is 1. The van der Waals surface area contributed by atoms with Gasteiger partial charge in [0.2, 0.25) is 5.91 Å². The Morgan fingerprint density at radius 1 is 1.38 bits per heavy atom. The van der Waals surface area contributed by atoms with E-state index in [2.05, 4.69) is 5.32 Å². The molecule has 0 radical (unpaired) electrons. The molecule has 0 spiro atoms. The van der Waals surface area contributed by atoms with Crippen molar-refractivity contribution in [3.63, 3.8) is 0 Å². The van der Waals surface area contributed by atoms with Crippen molar-refractivity contribution in [3.05, 3.63) is 35.9 Å². The van der Waals surface area contributed by atoms with Crippen LogP contribution in [0.2, 0.25) is 0 Å². The average Bonchev–Trinajstić information content (AvgIpc) is 2.85. The molecule has 21 heavy (non-hydrogen) atoms. The summed E-state index contributed by atoms with van der Waals surface area (Å²) in [5, 5.41) is 12.5. The number of rotatable bonds is 5. The van der Waals surface area contributed by atoms with E-state index in [0.29, 0.717) is 18.8 Å². The van der Waals surface area contributed by atoms with Crippen LogP contribution >= 0.6 is 0 Å². The Morgan fingerprint density at radius 2 is 2.05 bits per heavy atom. The molecule has 5 nitrogen and oxygen atoms in total. The second-order valence-electron chi connectivity index (χ2n) is 6.09. The molecule has 2 rings (SSSR count). The molecule has 1 aliphatic heterocycles. The van der Waals surface area contributed by atoms with Crippen molar-refractivity contribution in [1.29, 1.82) is 0 Å². The summed E-state index contributed by atoms with van der Waals surface area (Å²) in [5.41, 5.74) is -1.01.